The number of fused-ring (bicyclic) bond motifs is 2. The van der Waals surface area contributed by atoms with Crippen LogP contribution in [-0.2, 0) is 24.2 Å². The third-order valence-corrected chi connectivity index (χ3v) is 6.26. The predicted octanol–water partition coefficient (Wildman–Crippen LogP) is 4.65. The van der Waals surface area contributed by atoms with E-state index < -0.39 is 0 Å². The summed E-state index contributed by atoms with van der Waals surface area (Å²) in [5.41, 5.74) is 8.11. The Balaban J connectivity index is 1.37. The summed E-state index contributed by atoms with van der Waals surface area (Å²) in [6.45, 7) is 4.30. The Morgan fingerprint density at radius 2 is 1.87 bits per heavy atom. The zero-order valence-corrected chi connectivity index (χ0v) is 17.6. The molecule has 0 fully saturated rings. The molecule has 31 heavy (non-hydrogen) atoms. The third kappa shape index (κ3) is 4.11. The van der Waals surface area contributed by atoms with E-state index in [0.717, 1.165) is 49.3 Å². The molecular formula is C26H26FN3O. The van der Waals surface area contributed by atoms with Gasteiger partial charge in [-0.25, -0.2) is 4.39 Å². The highest BCUT2D eigenvalue weighted by Gasteiger charge is 2.28. The van der Waals surface area contributed by atoms with Crippen LogP contribution in [0.25, 0.3) is 11.1 Å². The number of benzene rings is 3. The number of carbonyl (C=O) groups excluding carboxylic acids is 1. The average molecular weight is 416 g/mol. The summed E-state index contributed by atoms with van der Waals surface area (Å²) in [4.78, 5) is 13.9. The second-order valence-corrected chi connectivity index (χ2v) is 8.42. The molecule has 1 amide bonds. The van der Waals surface area contributed by atoms with Crippen molar-refractivity contribution in [2.75, 3.05) is 18.4 Å². The number of amides is 1. The fourth-order valence-corrected chi connectivity index (χ4v) is 4.79. The Morgan fingerprint density at radius 1 is 1.00 bits per heavy atom. The van der Waals surface area contributed by atoms with Gasteiger partial charge in [0.05, 0.1) is 6.17 Å². The van der Waals surface area contributed by atoms with E-state index in [1.807, 2.05) is 12.1 Å². The summed E-state index contributed by atoms with van der Waals surface area (Å²) < 4.78 is 13.6. The summed E-state index contributed by atoms with van der Waals surface area (Å²) in [6, 6.07) is 19.5. The van der Waals surface area contributed by atoms with Gasteiger partial charge in [-0.05, 0) is 70.5 Å². The van der Waals surface area contributed by atoms with E-state index >= 15 is 0 Å². The molecule has 0 aromatic heterocycles. The topological polar surface area (TPSA) is 44.4 Å². The van der Waals surface area contributed by atoms with Crippen molar-refractivity contribution in [2.24, 2.45) is 0 Å². The van der Waals surface area contributed by atoms with Crippen LogP contribution in [0.5, 0.6) is 0 Å². The number of hydrogen-bond acceptors (Lipinski definition) is 3. The number of nitrogens with zero attached hydrogens (tertiary/aromatic N) is 1. The summed E-state index contributed by atoms with van der Waals surface area (Å²) >= 11 is 0. The number of carbonyl (C=O) groups is 1. The molecular weight excluding hydrogens is 389 g/mol. The molecule has 5 rings (SSSR count). The Morgan fingerprint density at radius 3 is 2.71 bits per heavy atom. The Hall–Kier alpha value is -3.02. The molecule has 2 aliphatic rings. The molecule has 4 nitrogen and oxygen atoms in total. The normalized spacial score (nSPS) is 18.2. The minimum Gasteiger partial charge on any atom is -0.326 e. The molecule has 2 aliphatic heterocycles. The molecule has 0 spiro atoms. The minimum atomic E-state index is -0.204. The first kappa shape index (κ1) is 19.9. The monoisotopic (exact) mass is 415 g/mol. The molecule has 2 N–H and O–H groups in total. The predicted molar refractivity (Wildman–Crippen MR) is 121 cm³/mol. The van der Waals surface area contributed by atoms with Crippen LogP contribution in [-0.4, -0.2) is 23.9 Å². The van der Waals surface area contributed by atoms with Gasteiger partial charge in [0, 0.05) is 32.2 Å². The number of anilines is 1. The Bertz CT molecular complexity index is 1140. The van der Waals surface area contributed by atoms with Gasteiger partial charge in [0.1, 0.15) is 5.82 Å². The lowest BCUT2D eigenvalue weighted by Crippen LogP contribution is -2.44. The quantitative estimate of drug-likeness (QED) is 0.654. The average Bonchev–Trinajstić information content (AvgIpc) is 2.77. The number of rotatable bonds is 3. The van der Waals surface area contributed by atoms with Gasteiger partial charge in [0.2, 0.25) is 5.91 Å². The summed E-state index contributed by atoms with van der Waals surface area (Å²) in [5.74, 6) is -0.249. The fourth-order valence-electron chi connectivity index (χ4n) is 4.79. The third-order valence-electron chi connectivity index (χ3n) is 6.26. The Kier molecular flexibility index (Phi) is 5.30. The molecule has 0 saturated carbocycles. The van der Waals surface area contributed by atoms with E-state index in [-0.39, 0.29) is 17.9 Å². The molecule has 1 atom stereocenters. The Labute approximate surface area is 182 Å². The first-order chi connectivity index (χ1) is 15.1. The van der Waals surface area contributed by atoms with Crippen molar-refractivity contribution in [3.8, 4) is 11.1 Å². The van der Waals surface area contributed by atoms with Crippen molar-refractivity contribution in [1.29, 1.82) is 0 Å². The van der Waals surface area contributed by atoms with Gasteiger partial charge >= 0.3 is 0 Å². The maximum atomic E-state index is 13.6. The van der Waals surface area contributed by atoms with Crippen LogP contribution in [0.15, 0.2) is 60.7 Å². The molecule has 3 aromatic rings. The lowest BCUT2D eigenvalue weighted by atomic mass is 9.92. The zero-order valence-electron chi connectivity index (χ0n) is 17.6. The molecule has 158 valence electrons. The number of nitrogens with one attached hydrogen (secondary N) is 2. The van der Waals surface area contributed by atoms with Crippen LogP contribution < -0.4 is 10.6 Å². The van der Waals surface area contributed by atoms with Crippen LogP contribution in [0.4, 0.5) is 10.1 Å². The van der Waals surface area contributed by atoms with Crippen molar-refractivity contribution in [2.45, 2.75) is 32.5 Å². The van der Waals surface area contributed by atoms with Gasteiger partial charge in [0.25, 0.3) is 0 Å². The van der Waals surface area contributed by atoms with Gasteiger partial charge in [-0.15, -0.1) is 0 Å². The molecule has 0 aliphatic carbocycles. The highest BCUT2D eigenvalue weighted by Crippen LogP contribution is 2.33. The summed E-state index contributed by atoms with van der Waals surface area (Å²) in [6.07, 6.45) is 2.10. The molecule has 0 radical (unpaired) electrons. The summed E-state index contributed by atoms with van der Waals surface area (Å²) in [7, 11) is 0. The minimum absolute atomic E-state index is 0.0457. The van der Waals surface area contributed by atoms with Crippen LogP contribution in [0.3, 0.4) is 0 Å². The largest absolute Gasteiger partial charge is 0.326 e. The lowest BCUT2D eigenvalue weighted by Gasteiger charge is -2.39. The van der Waals surface area contributed by atoms with Crippen LogP contribution in [0.2, 0.25) is 0 Å². The number of hydrogen-bond donors (Lipinski definition) is 2. The van der Waals surface area contributed by atoms with Crippen LogP contribution in [0.1, 0.15) is 35.3 Å². The van der Waals surface area contributed by atoms with E-state index in [1.165, 1.54) is 35.2 Å². The molecule has 1 unspecified atom stereocenters. The highest BCUT2D eigenvalue weighted by atomic mass is 19.1. The molecule has 0 saturated heterocycles. The maximum Gasteiger partial charge on any atom is 0.221 e. The van der Waals surface area contributed by atoms with Gasteiger partial charge in [0.15, 0.2) is 0 Å². The van der Waals surface area contributed by atoms with E-state index in [4.69, 9.17) is 0 Å². The van der Waals surface area contributed by atoms with Crippen molar-refractivity contribution in [3.63, 3.8) is 0 Å². The standard InChI is InChI=1S/C26H26FN3O/c1-17(31)29-24-7-8-25-21(15-24)9-11-28-26(25)30-12-10-20-13-19(5-6-22(20)16-30)18-3-2-4-23(27)14-18/h2-8,13-15,26,28H,9-12,16H2,1H3,(H,29,31). The highest BCUT2D eigenvalue weighted by molar-refractivity contribution is 5.88. The number of halogens is 1. The van der Waals surface area contributed by atoms with E-state index in [9.17, 15) is 9.18 Å². The van der Waals surface area contributed by atoms with Crippen LogP contribution in [0, 0.1) is 5.82 Å². The second-order valence-electron chi connectivity index (χ2n) is 8.42. The second kappa shape index (κ2) is 8.25. The van der Waals surface area contributed by atoms with Gasteiger partial charge in [-0.2, -0.15) is 0 Å². The van der Waals surface area contributed by atoms with E-state index in [0.29, 0.717) is 0 Å². The molecule has 2 heterocycles. The zero-order chi connectivity index (χ0) is 21.4. The molecule has 0 bridgehead atoms. The fraction of sp³-hybridized carbons (Fsp3) is 0.269. The van der Waals surface area contributed by atoms with Crippen molar-refractivity contribution in [3.05, 3.63) is 88.7 Å². The lowest BCUT2D eigenvalue weighted by molar-refractivity contribution is -0.114. The van der Waals surface area contributed by atoms with Crippen molar-refractivity contribution in [1.82, 2.24) is 10.2 Å². The first-order valence-corrected chi connectivity index (χ1v) is 10.8. The maximum absolute atomic E-state index is 13.6. The first-order valence-electron chi connectivity index (χ1n) is 10.8. The molecule has 5 heteroatoms. The van der Waals surface area contributed by atoms with Crippen molar-refractivity contribution < 1.29 is 9.18 Å². The van der Waals surface area contributed by atoms with E-state index in [2.05, 4.69) is 45.9 Å². The van der Waals surface area contributed by atoms with Gasteiger partial charge < -0.3 is 5.32 Å². The smallest absolute Gasteiger partial charge is 0.221 e. The van der Waals surface area contributed by atoms with Crippen molar-refractivity contribution >= 4 is 11.6 Å². The van der Waals surface area contributed by atoms with Gasteiger partial charge in [-0.1, -0.05) is 36.4 Å². The van der Waals surface area contributed by atoms with E-state index in [1.54, 1.807) is 12.1 Å². The summed E-state index contributed by atoms with van der Waals surface area (Å²) in [5, 5.41) is 6.56. The SMILES string of the molecule is CC(=O)Nc1ccc2c(c1)CCNC2N1CCc2cc(-c3cccc(F)c3)ccc2C1. The molecule has 3 aromatic carbocycles. The van der Waals surface area contributed by atoms with Crippen LogP contribution >= 0.6 is 0 Å². The van der Waals surface area contributed by atoms with Gasteiger partial charge in [-0.3, -0.25) is 15.0 Å².